The van der Waals surface area contributed by atoms with Crippen LogP contribution in [0, 0.1) is 0 Å². The number of Topliss-reactive ketones (excluding diaryl/α,β-unsaturated/α-hetero) is 1. The number of nitrogens with zero attached hydrogens (tertiary/aromatic N) is 4. The molecule has 0 atom stereocenters. The Kier molecular flexibility index (Phi) is 5.95. The largest absolute Gasteiger partial charge is 0.293 e. The lowest BCUT2D eigenvalue weighted by atomic mass is 10.1. The second kappa shape index (κ2) is 8.58. The molecule has 25 heavy (non-hydrogen) atoms. The zero-order valence-corrected chi connectivity index (χ0v) is 14.9. The van der Waals surface area contributed by atoms with Gasteiger partial charge in [-0.05, 0) is 41.0 Å². The molecule has 5 nitrogen and oxygen atoms in total. The second-order valence-electron chi connectivity index (χ2n) is 5.72. The van der Waals surface area contributed by atoms with Crippen molar-refractivity contribution in [3.05, 3.63) is 65.7 Å². The molecule has 0 saturated carbocycles. The molecule has 0 N–H and O–H groups in total. The number of aromatic nitrogens is 4. The Morgan fingerprint density at radius 3 is 2.56 bits per heavy atom. The van der Waals surface area contributed by atoms with Gasteiger partial charge >= 0.3 is 0 Å². The Bertz CT molecular complexity index is 815. The number of tetrazole rings is 1. The predicted molar refractivity (Wildman–Crippen MR) is 99.3 cm³/mol. The van der Waals surface area contributed by atoms with E-state index >= 15 is 0 Å². The molecule has 128 valence electrons. The second-order valence-corrected chi connectivity index (χ2v) is 6.66. The van der Waals surface area contributed by atoms with Gasteiger partial charge in [-0.25, -0.2) is 0 Å². The molecule has 0 radical (unpaired) electrons. The van der Waals surface area contributed by atoms with Crippen LogP contribution in [0.3, 0.4) is 0 Å². The number of unbranched alkanes of at least 4 members (excludes halogenated alkanes) is 1. The third-order valence-electron chi connectivity index (χ3n) is 3.87. The third kappa shape index (κ3) is 4.54. The summed E-state index contributed by atoms with van der Waals surface area (Å²) in [7, 11) is 0. The van der Waals surface area contributed by atoms with E-state index < -0.39 is 0 Å². The molecule has 1 aromatic heterocycles. The van der Waals surface area contributed by atoms with Gasteiger partial charge in [0, 0.05) is 5.56 Å². The van der Waals surface area contributed by atoms with Gasteiger partial charge in [0.05, 0.1) is 11.4 Å². The SMILES string of the molecule is CCCCc1ccc(-n2nnnc2SCC(=O)c2ccccc2)cc1. The van der Waals surface area contributed by atoms with Crippen LogP contribution in [0.4, 0.5) is 0 Å². The molecule has 0 fully saturated rings. The number of hydrogen-bond donors (Lipinski definition) is 0. The first-order chi connectivity index (χ1) is 12.3. The van der Waals surface area contributed by atoms with E-state index in [-0.39, 0.29) is 5.78 Å². The molecule has 0 aliphatic rings. The van der Waals surface area contributed by atoms with E-state index in [1.165, 1.54) is 30.2 Å². The normalized spacial score (nSPS) is 10.8. The predicted octanol–water partition coefficient (Wildman–Crippen LogP) is 3.98. The van der Waals surface area contributed by atoms with Crippen LogP contribution in [0.1, 0.15) is 35.7 Å². The summed E-state index contributed by atoms with van der Waals surface area (Å²) >= 11 is 1.35. The molecule has 3 aromatic rings. The highest BCUT2D eigenvalue weighted by molar-refractivity contribution is 7.99. The van der Waals surface area contributed by atoms with Gasteiger partial charge in [0.15, 0.2) is 5.78 Å². The Morgan fingerprint density at radius 1 is 1.08 bits per heavy atom. The lowest BCUT2D eigenvalue weighted by molar-refractivity contribution is 0.102. The molecule has 2 aromatic carbocycles. The van der Waals surface area contributed by atoms with E-state index in [9.17, 15) is 4.79 Å². The highest BCUT2D eigenvalue weighted by atomic mass is 32.2. The van der Waals surface area contributed by atoms with Crippen LogP contribution in [0.25, 0.3) is 5.69 Å². The monoisotopic (exact) mass is 352 g/mol. The van der Waals surface area contributed by atoms with Crippen molar-refractivity contribution in [1.82, 2.24) is 20.2 Å². The number of aryl methyl sites for hydroxylation is 1. The van der Waals surface area contributed by atoms with Crippen molar-refractivity contribution in [3.8, 4) is 5.69 Å². The zero-order valence-electron chi connectivity index (χ0n) is 14.1. The summed E-state index contributed by atoms with van der Waals surface area (Å²) < 4.78 is 1.67. The van der Waals surface area contributed by atoms with Gasteiger partial charge in [-0.15, -0.1) is 5.10 Å². The number of thioether (sulfide) groups is 1. The minimum Gasteiger partial charge on any atom is -0.293 e. The van der Waals surface area contributed by atoms with E-state index in [0.29, 0.717) is 16.5 Å². The number of ketones is 1. The Hall–Kier alpha value is -2.47. The fraction of sp³-hybridized carbons (Fsp3) is 0.263. The first-order valence-corrected chi connectivity index (χ1v) is 9.35. The molecular formula is C19H20N4OS. The van der Waals surface area contributed by atoms with E-state index in [2.05, 4.69) is 34.6 Å². The minimum atomic E-state index is 0.0649. The molecule has 0 aliphatic carbocycles. The molecule has 0 unspecified atom stereocenters. The Morgan fingerprint density at radius 2 is 1.84 bits per heavy atom. The van der Waals surface area contributed by atoms with E-state index in [4.69, 9.17) is 0 Å². The van der Waals surface area contributed by atoms with Crippen LogP contribution in [0.5, 0.6) is 0 Å². The number of carbonyl (C=O) groups is 1. The maximum atomic E-state index is 12.2. The molecule has 0 spiro atoms. The Balaban J connectivity index is 1.67. The average molecular weight is 352 g/mol. The van der Waals surface area contributed by atoms with Crippen LogP contribution in [0.2, 0.25) is 0 Å². The average Bonchev–Trinajstić information content (AvgIpc) is 3.14. The first-order valence-electron chi connectivity index (χ1n) is 8.36. The molecule has 0 aliphatic heterocycles. The van der Waals surface area contributed by atoms with Crippen LogP contribution in [0.15, 0.2) is 59.8 Å². The van der Waals surface area contributed by atoms with Crippen LogP contribution in [-0.2, 0) is 6.42 Å². The van der Waals surface area contributed by atoms with Gasteiger partial charge in [0.25, 0.3) is 0 Å². The van der Waals surface area contributed by atoms with E-state index in [1.807, 2.05) is 42.5 Å². The molecule has 6 heteroatoms. The summed E-state index contributed by atoms with van der Waals surface area (Å²) in [6, 6.07) is 17.5. The van der Waals surface area contributed by atoms with Gasteiger partial charge < -0.3 is 0 Å². The number of carbonyl (C=O) groups excluding carboxylic acids is 1. The molecular weight excluding hydrogens is 332 g/mol. The van der Waals surface area contributed by atoms with Crippen molar-refractivity contribution < 1.29 is 4.79 Å². The van der Waals surface area contributed by atoms with Gasteiger partial charge in [-0.2, -0.15) is 4.68 Å². The molecule has 0 saturated heterocycles. The fourth-order valence-corrected chi connectivity index (χ4v) is 3.24. The van der Waals surface area contributed by atoms with Crippen molar-refractivity contribution in [2.24, 2.45) is 0 Å². The quantitative estimate of drug-likeness (QED) is 0.453. The van der Waals surface area contributed by atoms with Gasteiger partial charge in [0.2, 0.25) is 5.16 Å². The molecule has 0 bridgehead atoms. The highest BCUT2D eigenvalue weighted by Crippen LogP contribution is 2.20. The summed E-state index contributed by atoms with van der Waals surface area (Å²) in [4.78, 5) is 12.2. The van der Waals surface area contributed by atoms with E-state index in [0.717, 1.165) is 12.1 Å². The number of benzene rings is 2. The van der Waals surface area contributed by atoms with Crippen molar-refractivity contribution in [3.63, 3.8) is 0 Å². The summed E-state index contributed by atoms with van der Waals surface area (Å²) in [6.45, 7) is 2.19. The van der Waals surface area contributed by atoms with Crippen molar-refractivity contribution in [1.29, 1.82) is 0 Å². The first kappa shape index (κ1) is 17.4. The lowest BCUT2D eigenvalue weighted by Crippen LogP contribution is -2.05. The Labute approximate surface area is 151 Å². The fourth-order valence-electron chi connectivity index (χ4n) is 2.45. The van der Waals surface area contributed by atoms with Crippen LogP contribution < -0.4 is 0 Å². The molecule has 1 heterocycles. The van der Waals surface area contributed by atoms with Gasteiger partial charge in [0.1, 0.15) is 0 Å². The topological polar surface area (TPSA) is 60.7 Å². The highest BCUT2D eigenvalue weighted by Gasteiger charge is 2.12. The maximum absolute atomic E-state index is 12.2. The van der Waals surface area contributed by atoms with Gasteiger partial charge in [-0.1, -0.05) is 67.6 Å². The summed E-state index contributed by atoms with van der Waals surface area (Å²) in [6.07, 6.45) is 3.46. The standard InChI is InChI=1S/C19H20N4OS/c1-2-3-7-15-10-12-17(13-11-15)23-19(20-21-22-23)25-14-18(24)16-8-5-4-6-9-16/h4-6,8-13H,2-3,7,14H2,1H3. The third-order valence-corrected chi connectivity index (χ3v) is 4.79. The summed E-state index contributed by atoms with van der Waals surface area (Å²) in [5, 5.41) is 12.5. The zero-order chi connectivity index (χ0) is 17.5. The minimum absolute atomic E-state index is 0.0649. The van der Waals surface area contributed by atoms with Crippen molar-refractivity contribution >= 4 is 17.5 Å². The van der Waals surface area contributed by atoms with Crippen molar-refractivity contribution in [2.75, 3.05) is 5.75 Å². The van der Waals surface area contributed by atoms with Crippen LogP contribution in [-0.4, -0.2) is 31.7 Å². The summed E-state index contributed by atoms with van der Waals surface area (Å²) in [5.41, 5.74) is 2.92. The van der Waals surface area contributed by atoms with E-state index in [1.54, 1.807) is 4.68 Å². The maximum Gasteiger partial charge on any atom is 0.214 e. The lowest BCUT2D eigenvalue weighted by Gasteiger charge is -2.06. The summed E-state index contributed by atoms with van der Waals surface area (Å²) in [5.74, 6) is 0.369. The molecule has 0 amide bonds. The number of hydrogen-bond acceptors (Lipinski definition) is 5. The van der Waals surface area contributed by atoms with Gasteiger partial charge in [-0.3, -0.25) is 4.79 Å². The van der Waals surface area contributed by atoms with Crippen molar-refractivity contribution in [2.45, 2.75) is 31.3 Å². The molecule has 3 rings (SSSR count). The number of rotatable bonds is 8. The smallest absolute Gasteiger partial charge is 0.214 e. The van der Waals surface area contributed by atoms with Crippen LogP contribution >= 0.6 is 11.8 Å².